The van der Waals surface area contributed by atoms with Crippen LogP contribution in [0.5, 0.6) is 5.75 Å². The van der Waals surface area contributed by atoms with Gasteiger partial charge in [0.15, 0.2) is 0 Å². The van der Waals surface area contributed by atoms with Crippen molar-refractivity contribution in [3.63, 3.8) is 0 Å². The van der Waals surface area contributed by atoms with Gasteiger partial charge in [0, 0.05) is 30.8 Å². The molecule has 0 atom stereocenters. The number of morpholine rings is 1. The van der Waals surface area contributed by atoms with Gasteiger partial charge < -0.3 is 19.5 Å². The second-order valence-corrected chi connectivity index (χ2v) is 5.84. The Morgan fingerprint density at radius 2 is 2.08 bits per heavy atom. The minimum atomic E-state index is -0.175. The fourth-order valence-electron chi connectivity index (χ4n) is 2.96. The molecule has 25 heavy (non-hydrogen) atoms. The number of methoxy groups -OCH3 is 1. The van der Waals surface area contributed by atoms with E-state index in [1.54, 1.807) is 7.11 Å². The third-order valence-electron chi connectivity index (χ3n) is 4.26. The summed E-state index contributed by atoms with van der Waals surface area (Å²) in [6, 6.07) is 7.52. The van der Waals surface area contributed by atoms with Crippen molar-refractivity contribution in [3.8, 4) is 17.0 Å². The van der Waals surface area contributed by atoms with Crippen LogP contribution in [0.3, 0.4) is 0 Å². The van der Waals surface area contributed by atoms with E-state index in [4.69, 9.17) is 19.6 Å². The van der Waals surface area contributed by atoms with Crippen LogP contribution in [-0.2, 0) is 11.2 Å². The number of aromatic amines is 1. The molecule has 2 N–H and O–H groups in total. The number of para-hydroxylation sites is 1. The zero-order chi connectivity index (χ0) is 17.6. The molecule has 0 spiro atoms. The monoisotopic (exact) mass is 345 g/mol. The molecule has 2 heterocycles. The molecule has 7 heteroatoms. The Bertz CT molecular complexity index is 769. The van der Waals surface area contributed by atoms with E-state index in [-0.39, 0.29) is 12.2 Å². The minimum Gasteiger partial charge on any atom is -0.496 e. The number of nitrogens with one attached hydrogen (secondary N) is 1. The molecule has 7 nitrogen and oxygen atoms in total. The van der Waals surface area contributed by atoms with Crippen molar-refractivity contribution in [3.05, 3.63) is 40.2 Å². The molecule has 2 aromatic rings. The van der Waals surface area contributed by atoms with Gasteiger partial charge in [-0.15, -0.1) is 0 Å². The minimum absolute atomic E-state index is 0.0238. The second-order valence-electron chi connectivity index (χ2n) is 5.84. The number of hydrogen-bond donors (Lipinski definition) is 2. The molecule has 0 unspecified atom stereocenters. The van der Waals surface area contributed by atoms with E-state index in [2.05, 4.69) is 4.98 Å². The van der Waals surface area contributed by atoms with Gasteiger partial charge >= 0.3 is 0 Å². The van der Waals surface area contributed by atoms with Crippen molar-refractivity contribution >= 4 is 5.95 Å². The van der Waals surface area contributed by atoms with Crippen LogP contribution in [0.2, 0.25) is 0 Å². The molecule has 1 aromatic carbocycles. The molecule has 1 saturated heterocycles. The van der Waals surface area contributed by atoms with Crippen LogP contribution in [0.15, 0.2) is 29.1 Å². The zero-order valence-electron chi connectivity index (χ0n) is 14.3. The molecule has 1 aromatic heterocycles. The number of rotatable bonds is 6. The van der Waals surface area contributed by atoms with E-state index in [9.17, 15) is 4.79 Å². The summed E-state index contributed by atoms with van der Waals surface area (Å²) in [5.41, 5.74) is 1.77. The average Bonchev–Trinajstić information content (AvgIpc) is 2.67. The lowest BCUT2D eigenvalue weighted by atomic mass is 10.0. The van der Waals surface area contributed by atoms with Crippen LogP contribution in [-0.4, -0.2) is 55.1 Å². The summed E-state index contributed by atoms with van der Waals surface area (Å²) < 4.78 is 10.8. The number of hydrogen-bond acceptors (Lipinski definition) is 6. The van der Waals surface area contributed by atoms with Crippen LogP contribution in [0.1, 0.15) is 12.0 Å². The van der Waals surface area contributed by atoms with Crippen LogP contribution in [0.4, 0.5) is 5.95 Å². The van der Waals surface area contributed by atoms with Gasteiger partial charge in [-0.05, 0) is 25.0 Å². The van der Waals surface area contributed by atoms with Gasteiger partial charge in [0.2, 0.25) is 5.95 Å². The first-order chi connectivity index (χ1) is 12.2. The maximum atomic E-state index is 12.7. The Labute approximate surface area is 146 Å². The van der Waals surface area contributed by atoms with Gasteiger partial charge in [-0.1, -0.05) is 12.1 Å². The molecular weight excluding hydrogens is 322 g/mol. The second kappa shape index (κ2) is 8.13. The third-order valence-corrected chi connectivity index (χ3v) is 4.26. The zero-order valence-corrected chi connectivity index (χ0v) is 14.3. The van der Waals surface area contributed by atoms with E-state index in [0.29, 0.717) is 62.1 Å². The SMILES string of the molecule is COc1ccccc1-c1nc(N2CCOCC2)[nH]c(=O)c1CCCO. The van der Waals surface area contributed by atoms with Gasteiger partial charge in [-0.25, -0.2) is 4.98 Å². The van der Waals surface area contributed by atoms with E-state index < -0.39 is 0 Å². The molecule has 0 radical (unpaired) electrons. The maximum absolute atomic E-state index is 12.7. The molecule has 1 fully saturated rings. The van der Waals surface area contributed by atoms with Crippen molar-refractivity contribution in [1.82, 2.24) is 9.97 Å². The Morgan fingerprint density at radius 1 is 1.32 bits per heavy atom. The van der Waals surface area contributed by atoms with Gasteiger partial charge in [-0.3, -0.25) is 9.78 Å². The number of H-pyrrole nitrogens is 1. The summed E-state index contributed by atoms with van der Waals surface area (Å²) in [5.74, 6) is 1.21. The molecule has 1 aliphatic heterocycles. The number of aromatic nitrogens is 2. The normalized spacial score (nSPS) is 14.6. The van der Waals surface area contributed by atoms with Crippen molar-refractivity contribution in [2.75, 3.05) is 44.9 Å². The molecular formula is C18H23N3O4. The Balaban J connectivity index is 2.11. The number of anilines is 1. The predicted octanol–water partition coefficient (Wildman–Crippen LogP) is 1.21. The highest BCUT2D eigenvalue weighted by Crippen LogP contribution is 2.31. The fraction of sp³-hybridized carbons (Fsp3) is 0.444. The summed E-state index contributed by atoms with van der Waals surface area (Å²) in [5, 5.41) is 9.16. The topological polar surface area (TPSA) is 87.7 Å². The van der Waals surface area contributed by atoms with Gasteiger partial charge in [-0.2, -0.15) is 0 Å². The van der Waals surface area contributed by atoms with Crippen LogP contribution < -0.4 is 15.2 Å². The van der Waals surface area contributed by atoms with Gasteiger partial charge in [0.1, 0.15) is 5.75 Å². The summed E-state index contributed by atoms with van der Waals surface area (Å²) >= 11 is 0. The quantitative estimate of drug-likeness (QED) is 0.818. The van der Waals surface area contributed by atoms with Crippen LogP contribution in [0.25, 0.3) is 11.3 Å². The van der Waals surface area contributed by atoms with E-state index >= 15 is 0 Å². The number of benzene rings is 1. The summed E-state index contributed by atoms with van der Waals surface area (Å²) in [6.07, 6.45) is 0.958. The molecule has 134 valence electrons. The van der Waals surface area contributed by atoms with Gasteiger partial charge in [0.05, 0.1) is 26.0 Å². The molecule has 0 aliphatic carbocycles. The molecule has 3 rings (SSSR count). The predicted molar refractivity (Wildman–Crippen MR) is 95.3 cm³/mol. The standard InChI is InChI=1S/C18H23N3O4/c1-24-15-7-3-2-5-13(15)16-14(6-4-10-22)17(23)20-18(19-16)21-8-11-25-12-9-21/h2-3,5,7,22H,4,6,8-12H2,1H3,(H,19,20,23). The highest BCUT2D eigenvalue weighted by molar-refractivity contribution is 5.70. The third kappa shape index (κ3) is 3.83. The number of aliphatic hydroxyl groups is 1. The maximum Gasteiger partial charge on any atom is 0.256 e. The number of aliphatic hydroxyl groups excluding tert-OH is 1. The number of nitrogens with zero attached hydrogens (tertiary/aromatic N) is 2. The molecule has 1 aliphatic rings. The van der Waals surface area contributed by atoms with E-state index in [1.807, 2.05) is 29.2 Å². The fourth-order valence-corrected chi connectivity index (χ4v) is 2.96. The largest absolute Gasteiger partial charge is 0.496 e. The van der Waals surface area contributed by atoms with Crippen LogP contribution >= 0.6 is 0 Å². The average molecular weight is 345 g/mol. The van der Waals surface area contributed by atoms with Crippen molar-refractivity contribution < 1.29 is 14.6 Å². The summed E-state index contributed by atoms with van der Waals surface area (Å²) in [4.78, 5) is 22.3. The Kier molecular flexibility index (Phi) is 5.67. The Morgan fingerprint density at radius 3 is 2.80 bits per heavy atom. The van der Waals surface area contributed by atoms with E-state index in [1.165, 1.54) is 0 Å². The lowest BCUT2D eigenvalue weighted by molar-refractivity contribution is 0.122. The van der Waals surface area contributed by atoms with Gasteiger partial charge in [0.25, 0.3) is 5.56 Å². The molecule has 0 bridgehead atoms. The first-order valence-electron chi connectivity index (χ1n) is 8.44. The molecule has 0 amide bonds. The first-order valence-corrected chi connectivity index (χ1v) is 8.44. The summed E-state index contributed by atoms with van der Waals surface area (Å²) in [7, 11) is 1.60. The Hall–Kier alpha value is -2.38. The van der Waals surface area contributed by atoms with Crippen molar-refractivity contribution in [2.45, 2.75) is 12.8 Å². The summed E-state index contributed by atoms with van der Waals surface area (Å²) in [6.45, 7) is 2.62. The lowest BCUT2D eigenvalue weighted by Gasteiger charge is -2.27. The van der Waals surface area contributed by atoms with E-state index in [0.717, 1.165) is 5.56 Å². The highest BCUT2D eigenvalue weighted by Gasteiger charge is 2.20. The molecule has 0 saturated carbocycles. The van der Waals surface area contributed by atoms with Crippen molar-refractivity contribution in [2.24, 2.45) is 0 Å². The lowest BCUT2D eigenvalue weighted by Crippen LogP contribution is -2.38. The number of ether oxygens (including phenoxy) is 2. The first kappa shape index (κ1) is 17.4. The van der Waals surface area contributed by atoms with Crippen LogP contribution in [0, 0.1) is 0 Å². The van der Waals surface area contributed by atoms with Crippen molar-refractivity contribution in [1.29, 1.82) is 0 Å². The smallest absolute Gasteiger partial charge is 0.256 e. The highest BCUT2D eigenvalue weighted by atomic mass is 16.5.